The molecule has 2 aliphatic heterocycles. The maximum Gasteiger partial charge on any atom is 0.423 e. The van der Waals surface area contributed by atoms with Crippen molar-refractivity contribution in [3.05, 3.63) is 106 Å². The highest BCUT2D eigenvalue weighted by Gasteiger charge is 2.70. The molecular formula is C34H26Cl2N2O7. The molecule has 0 radical (unpaired) electrons. The van der Waals surface area contributed by atoms with Crippen LogP contribution < -0.4 is 4.90 Å². The number of carbonyl (C=O) groups is 5. The van der Waals surface area contributed by atoms with Gasteiger partial charge in [0.15, 0.2) is 0 Å². The molecule has 0 bridgehead atoms. The number of fused-ring (bicyclic) bond motifs is 4. The number of likely N-dealkylation sites (tertiary alicyclic amines) is 1. The van der Waals surface area contributed by atoms with E-state index in [0.717, 1.165) is 12.0 Å². The van der Waals surface area contributed by atoms with Gasteiger partial charge in [0.25, 0.3) is 0 Å². The van der Waals surface area contributed by atoms with Crippen molar-refractivity contribution in [3.63, 3.8) is 0 Å². The van der Waals surface area contributed by atoms with Gasteiger partial charge in [-0.3, -0.25) is 19.2 Å². The zero-order chi connectivity index (χ0) is 31.8. The van der Waals surface area contributed by atoms with Crippen LogP contribution in [-0.4, -0.2) is 46.8 Å². The monoisotopic (exact) mass is 644 g/mol. The van der Waals surface area contributed by atoms with Crippen molar-refractivity contribution in [2.45, 2.75) is 24.2 Å². The summed E-state index contributed by atoms with van der Waals surface area (Å²) in [5, 5.41) is 10.8. The van der Waals surface area contributed by atoms with Crippen molar-refractivity contribution in [1.29, 1.82) is 0 Å². The van der Waals surface area contributed by atoms with Crippen LogP contribution in [0.4, 0.5) is 10.5 Å². The Hall–Kier alpha value is -4.47. The van der Waals surface area contributed by atoms with Crippen LogP contribution in [0.25, 0.3) is 0 Å². The Kier molecular flexibility index (Phi) is 6.87. The number of phenolic OH excluding ortho intramolecular Hbond substituents is 1. The van der Waals surface area contributed by atoms with Gasteiger partial charge in [0.1, 0.15) is 5.75 Å². The summed E-state index contributed by atoms with van der Waals surface area (Å²) < 4.78 is 4.75. The maximum absolute atomic E-state index is 15.1. The molecule has 2 heterocycles. The fourth-order valence-electron chi connectivity index (χ4n) is 8.11. The fourth-order valence-corrected chi connectivity index (χ4v) is 8.58. The molecule has 6 atom stereocenters. The van der Waals surface area contributed by atoms with E-state index < -0.39 is 64.7 Å². The molecule has 45 heavy (non-hydrogen) atoms. The molecule has 0 spiro atoms. The van der Waals surface area contributed by atoms with E-state index in [4.69, 9.17) is 27.9 Å². The standard InChI is InChI=1S/C34H26Cl2N2O7/c1-45-33(44)38-29(40)23-13-12-21-24(27(23)31(38)42)16-25-30(41)37(19-9-5-8-18(35)14-19)32(43)34(25,17-6-3-2-4-7-17)28(21)22-11-10-20(39)15-26(22)36/h2-12,14-15,23-25,27-28,39H,13,16H2,1H3/t23-,24+,25-,27-,28+,34+/m0/s1. The topological polar surface area (TPSA) is 121 Å². The van der Waals surface area contributed by atoms with Gasteiger partial charge in [-0.05, 0) is 60.2 Å². The molecule has 1 N–H and O–H groups in total. The highest BCUT2D eigenvalue weighted by atomic mass is 35.5. The lowest BCUT2D eigenvalue weighted by Crippen LogP contribution is -2.53. The average Bonchev–Trinajstić information content (AvgIpc) is 3.42. The van der Waals surface area contributed by atoms with Gasteiger partial charge in [0, 0.05) is 16.0 Å². The molecular weight excluding hydrogens is 619 g/mol. The average molecular weight is 645 g/mol. The number of ether oxygens (including phenoxy) is 1. The number of rotatable bonds is 3. The van der Waals surface area contributed by atoms with Crippen molar-refractivity contribution < 1.29 is 33.8 Å². The minimum atomic E-state index is -1.51. The van der Waals surface area contributed by atoms with E-state index in [1.807, 2.05) is 12.1 Å². The molecule has 1 saturated carbocycles. The lowest BCUT2D eigenvalue weighted by molar-refractivity contribution is -0.138. The van der Waals surface area contributed by atoms with E-state index in [1.54, 1.807) is 54.6 Å². The lowest BCUT2D eigenvalue weighted by atomic mass is 9.49. The largest absolute Gasteiger partial charge is 0.508 e. The Balaban J connectivity index is 1.50. The predicted molar refractivity (Wildman–Crippen MR) is 163 cm³/mol. The van der Waals surface area contributed by atoms with Gasteiger partial charge < -0.3 is 9.84 Å². The molecule has 5 amide bonds. The Bertz CT molecular complexity index is 1840. The minimum absolute atomic E-state index is 0.0593. The second-order valence-corrected chi connectivity index (χ2v) is 12.6. The number of anilines is 1. The van der Waals surface area contributed by atoms with Gasteiger partial charge >= 0.3 is 6.09 Å². The fraction of sp³-hybridized carbons (Fsp3) is 0.265. The van der Waals surface area contributed by atoms with Crippen molar-refractivity contribution in [1.82, 2.24) is 4.90 Å². The van der Waals surface area contributed by atoms with Gasteiger partial charge in [-0.2, -0.15) is 4.90 Å². The van der Waals surface area contributed by atoms with Gasteiger partial charge in [-0.25, -0.2) is 9.69 Å². The van der Waals surface area contributed by atoms with E-state index in [1.165, 1.54) is 12.1 Å². The molecule has 0 aromatic heterocycles. The summed E-state index contributed by atoms with van der Waals surface area (Å²) >= 11 is 13.1. The number of nitrogens with zero attached hydrogens (tertiary/aromatic N) is 2. The number of aromatic hydroxyl groups is 1. The summed E-state index contributed by atoms with van der Waals surface area (Å²) in [7, 11) is 1.10. The van der Waals surface area contributed by atoms with Crippen molar-refractivity contribution in [2.75, 3.05) is 12.0 Å². The van der Waals surface area contributed by atoms with Crippen molar-refractivity contribution in [2.24, 2.45) is 23.7 Å². The SMILES string of the molecule is COC(=O)N1C(=O)[C@H]2[C@H](CC=C3[C@H]2C[C@H]2C(=O)N(c4cccc(Cl)c4)C(=O)[C@@]2(c2ccccc2)[C@H]3c2ccc(O)cc2Cl)C1=O. The molecule has 9 nitrogen and oxygen atoms in total. The van der Waals surface area contributed by atoms with Gasteiger partial charge in [0.05, 0.1) is 36.0 Å². The number of hydrogen-bond donors (Lipinski definition) is 1. The van der Waals surface area contributed by atoms with Crippen LogP contribution in [0, 0.1) is 23.7 Å². The van der Waals surface area contributed by atoms with Crippen LogP contribution in [0.3, 0.4) is 0 Å². The number of methoxy groups -OCH3 is 1. The number of carbonyl (C=O) groups excluding carboxylic acids is 5. The number of amides is 5. The summed E-state index contributed by atoms with van der Waals surface area (Å²) in [6, 6.07) is 19.9. The zero-order valence-electron chi connectivity index (χ0n) is 23.9. The number of hydrogen-bond acceptors (Lipinski definition) is 7. The molecule has 2 saturated heterocycles. The first kappa shape index (κ1) is 29.3. The summed E-state index contributed by atoms with van der Waals surface area (Å²) in [5.74, 6) is -6.71. The van der Waals surface area contributed by atoms with Crippen LogP contribution in [0.5, 0.6) is 5.75 Å². The number of benzene rings is 3. The van der Waals surface area contributed by atoms with E-state index in [-0.39, 0.29) is 23.6 Å². The van der Waals surface area contributed by atoms with Crippen LogP contribution in [-0.2, 0) is 29.3 Å². The Morgan fingerprint density at radius 3 is 2.36 bits per heavy atom. The molecule has 3 aromatic rings. The molecule has 11 heteroatoms. The first-order valence-corrected chi connectivity index (χ1v) is 15.2. The van der Waals surface area contributed by atoms with Crippen molar-refractivity contribution in [3.8, 4) is 5.75 Å². The first-order chi connectivity index (χ1) is 21.6. The third kappa shape index (κ3) is 4.03. The molecule has 2 aliphatic carbocycles. The Labute approximate surface area is 268 Å². The van der Waals surface area contributed by atoms with Gasteiger partial charge in [-0.1, -0.05) is 77.3 Å². The second kappa shape index (κ2) is 10.6. The lowest BCUT2D eigenvalue weighted by Gasteiger charge is -2.51. The second-order valence-electron chi connectivity index (χ2n) is 11.8. The van der Waals surface area contributed by atoms with E-state index >= 15 is 4.79 Å². The molecule has 228 valence electrons. The zero-order valence-corrected chi connectivity index (χ0v) is 25.4. The molecule has 0 unspecified atom stereocenters. The number of allylic oxidation sites excluding steroid dienone is 2. The van der Waals surface area contributed by atoms with Crippen LogP contribution in [0.1, 0.15) is 29.9 Å². The summed E-state index contributed by atoms with van der Waals surface area (Å²) in [6.45, 7) is 0. The Morgan fingerprint density at radius 2 is 1.67 bits per heavy atom. The van der Waals surface area contributed by atoms with Gasteiger partial charge in [-0.15, -0.1) is 0 Å². The normalized spacial score (nSPS) is 28.9. The third-order valence-electron chi connectivity index (χ3n) is 9.82. The van der Waals surface area contributed by atoms with E-state index in [9.17, 15) is 24.3 Å². The predicted octanol–water partition coefficient (Wildman–Crippen LogP) is 5.63. The smallest absolute Gasteiger partial charge is 0.423 e. The summed E-state index contributed by atoms with van der Waals surface area (Å²) in [6.07, 6.45) is 0.986. The van der Waals surface area contributed by atoms with Crippen LogP contribution in [0.2, 0.25) is 10.0 Å². The maximum atomic E-state index is 15.1. The highest BCUT2D eigenvalue weighted by molar-refractivity contribution is 6.33. The highest BCUT2D eigenvalue weighted by Crippen LogP contribution is 2.65. The van der Waals surface area contributed by atoms with E-state index in [2.05, 4.69) is 0 Å². The molecule has 3 aromatic carbocycles. The molecule has 7 rings (SSSR count). The van der Waals surface area contributed by atoms with Gasteiger partial charge in [0.2, 0.25) is 23.6 Å². The Morgan fingerprint density at radius 1 is 0.911 bits per heavy atom. The number of imide groups is 4. The molecule has 4 aliphatic rings. The van der Waals surface area contributed by atoms with Crippen LogP contribution >= 0.6 is 23.2 Å². The molecule has 3 fully saturated rings. The first-order valence-electron chi connectivity index (χ1n) is 14.4. The number of halogens is 2. The van der Waals surface area contributed by atoms with Crippen molar-refractivity contribution >= 4 is 58.6 Å². The number of phenols is 1. The summed E-state index contributed by atoms with van der Waals surface area (Å²) in [5.41, 5.74) is 0.527. The quantitative estimate of drug-likeness (QED) is 0.290. The minimum Gasteiger partial charge on any atom is -0.508 e. The summed E-state index contributed by atoms with van der Waals surface area (Å²) in [4.78, 5) is 71.1. The third-order valence-corrected chi connectivity index (χ3v) is 10.4. The van der Waals surface area contributed by atoms with Crippen LogP contribution in [0.15, 0.2) is 84.4 Å². The van der Waals surface area contributed by atoms with E-state index in [0.29, 0.717) is 32.3 Å².